The van der Waals surface area contributed by atoms with E-state index in [0.717, 1.165) is 22.0 Å². The van der Waals surface area contributed by atoms with Crippen LogP contribution in [0.2, 0.25) is 0 Å². The molecule has 0 aliphatic carbocycles. The number of hydrogen-bond acceptors (Lipinski definition) is 1. The number of rotatable bonds is 0. The van der Waals surface area contributed by atoms with Gasteiger partial charge in [-0.2, -0.15) is 0 Å². The molecule has 0 unspecified atom stereocenters. The third kappa shape index (κ3) is 0.593. The van der Waals surface area contributed by atoms with Crippen molar-refractivity contribution in [3.8, 4) is 0 Å². The number of hydrogen-bond donors (Lipinski definition) is 1. The highest BCUT2D eigenvalue weighted by Crippen LogP contribution is 2.25. The fourth-order valence-electron chi connectivity index (χ4n) is 1.55. The average Bonchev–Trinajstić information content (AvgIpc) is 2.62. The van der Waals surface area contributed by atoms with Gasteiger partial charge in [-0.15, -0.1) is 0 Å². The molecule has 0 aliphatic rings. The summed E-state index contributed by atoms with van der Waals surface area (Å²) >= 11 is 0. The van der Waals surface area contributed by atoms with E-state index in [9.17, 15) is 0 Å². The minimum atomic E-state index is 0.950. The maximum absolute atomic E-state index is 5.34. The van der Waals surface area contributed by atoms with Crippen LogP contribution < -0.4 is 0 Å². The number of H-pyrrole nitrogens is 1. The van der Waals surface area contributed by atoms with Crippen LogP contribution in [0.1, 0.15) is 0 Å². The molecule has 1 N–H and O–H groups in total. The second-order valence-electron chi connectivity index (χ2n) is 2.83. The topological polar surface area (TPSA) is 28.9 Å². The van der Waals surface area contributed by atoms with Crippen LogP contribution in [0.5, 0.6) is 0 Å². The quantitative estimate of drug-likeness (QED) is 0.534. The summed E-state index contributed by atoms with van der Waals surface area (Å²) in [7, 11) is 0. The zero-order valence-corrected chi connectivity index (χ0v) is 6.37. The van der Waals surface area contributed by atoms with E-state index in [2.05, 4.69) is 11.1 Å². The van der Waals surface area contributed by atoms with Crippen LogP contribution in [0, 0.1) is 0 Å². The lowest BCUT2D eigenvalue weighted by molar-refractivity contribution is 0.619. The van der Waals surface area contributed by atoms with Gasteiger partial charge >= 0.3 is 0 Å². The highest BCUT2D eigenvalue weighted by Gasteiger charge is 2.04. The fraction of sp³-hybridized carbons (Fsp3) is 0. The fourth-order valence-corrected chi connectivity index (χ4v) is 1.55. The van der Waals surface area contributed by atoms with E-state index in [-0.39, 0.29) is 0 Å². The SMILES string of the molecule is c1ccc2c(c1)[nH]c1ccoc12. The minimum absolute atomic E-state index is 0.950. The van der Waals surface area contributed by atoms with Gasteiger partial charge in [0.2, 0.25) is 0 Å². The van der Waals surface area contributed by atoms with Gasteiger partial charge in [0.15, 0.2) is 5.58 Å². The molecule has 0 fully saturated rings. The van der Waals surface area contributed by atoms with Gasteiger partial charge < -0.3 is 9.40 Å². The zero-order valence-electron chi connectivity index (χ0n) is 6.37. The third-order valence-electron chi connectivity index (χ3n) is 2.11. The van der Waals surface area contributed by atoms with Gasteiger partial charge in [-0.05, 0) is 12.1 Å². The first-order valence-corrected chi connectivity index (χ1v) is 3.89. The van der Waals surface area contributed by atoms with Crippen LogP contribution in [0.4, 0.5) is 0 Å². The van der Waals surface area contributed by atoms with Crippen molar-refractivity contribution in [3.63, 3.8) is 0 Å². The minimum Gasteiger partial charge on any atom is -0.462 e. The number of benzene rings is 1. The van der Waals surface area contributed by atoms with E-state index in [1.54, 1.807) is 6.26 Å². The van der Waals surface area contributed by atoms with Crippen molar-refractivity contribution in [2.75, 3.05) is 0 Å². The largest absolute Gasteiger partial charge is 0.462 e. The van der Waals surface area contributed by atoms with Crippen molar-refractivity contribution >= 4 is 22.0 Å². The predicted octanol–water partition coefficient (Wildman–Crippen LogP) is 2.91. The Bertz CT molecular complexity index is 532. The predicted molar refractivity (Wildman–Crippen MR) is 48.1 cm³/mol. The van der Waals surface area contributed by atoms with E-state index in [4.69, 9.17) is 4.42 Å². The Balaban J connectivity index is 2.68. The Kier molecular flexibility index (Phi) is 0.939. The summed E-state index contributed by atoms with van der Waals surface area (Å²) < 4.78 is 5.34. The smallest absolute Gasteiger partial charge is 0.159 e. The Morgan fingerprint density at radius 2 is 1.92 bits per heavy atom. The van der Waals surface area contributed by atoms with E-state index < -0.39 is 0 Å². The van der Waals surface area contributed by atoms with Crippen molar-refractivity contribution in [2.24, 2.45) is 0 Å². The van der Waals surface area contributed by atoms with Crippen molar-refractivity contribution in [1.29, 1.82) is 0 Å². The number of aromatic nitrogens is 1. The molecule has 0 bridgehead atoms. The second-order valence-corrected chi connectivity index (χ2v) is 2.83. The Morgan fingerprint density at radius 3 is 2.92 bits per heavy atom. The van der Waals surface area contributed by atoms with Crippen LogP contribution in [0.15, 0.2) is 41.0 Å². The van der Waals surface area contributed by atoms with Gasteiger partial charge in [0.25, 0.3) is 0 Å². The molecular weight excluding hydrogens is 150 g/mol. The lowest BCUT2D eigenvalue weighted by Crippen LogP contribution is -1.63. The molecule has 0 radical (unpaired) electrons. The average molecular weight is 157 g/mol. The Morgan fingerprint density at radius 1 is 1.00 bits per heavy atom. The molecule has 0 saturated heterocycles. The molecule has 58 valence electrons. The second kappa shape index (κ2) is 1.91. The molecule has 0 spiro atoms. The summed E-state index contributed by atoms with van der Waals surface area (Å²) in [5, 5.41) is 1.15. The maximum atomic E-state index is 5.34. The summed E-state index contributed by atoms with van der Waals surface area (Å²) in [5.74, 6) is 0. The molecule has 0 aliphatic heterocycles. The van der Waals surface area contributed by atoms with Crippen molar-refractivity contribution < 1.29 is 4.42 Å². The van der Waals surface area contributed by atoms with E-state index in [1.165, 1.54) is 0 Å². The summed E-state index contributed by atoms with van der Waals surface area (Å²) in [4.78, 5) is 3.26. The third-order valence-corrected chi connectivity index (χ3v) is 2.11. The molecule has 2 heterocycles. The molecule has 0 atom stereocenters. The molecule has 1 aromatic carbocycles. The maximum Gasteiger partial charge on any atom is 0.159 e. The summed E-state index contributed by atoms with van der Waals surface area (Å²) in [5.41, 5.74) is 3.15. The molecule has 2 aromatic heterocycles. The Labute approximate surface area is 68.8 Å². The number of para-hydroxylation sites is 1. The lowest BCUT2D eigenvalue weighted by atomic mass is 10.2. The van der Waals surface area contributed by atoms with Gasteiger partial charge in [-0.3, -0.25) is 0 Å². The van der Waals surface area contributed by atoms with E-state index in [1.807, 2.05) is 24.3 Å². The standard InChI is InChI=1S/C10H7NO/c1-2-4-8-7(3-1)10-9(11-8)5-6-12-10/h1-6,11H. The van der Waals surface area contributed by atoms with Crippen LogP contribution in [-0.4, -0.2) is 4.98 Å². The molecule has 12 heavy (non-hydrogen) atoms. The number of aromatic amines is 1. The van der Waals surface area contributed by atoms with Crippen molar-refractivity contribution in [2.45, 2.75) is 0 Å². The molecule has 3 aromatic rings. The molecular formula is C10H7NO. The number of fused-ring (bicyclic) bond motifs is 3. The first-order chi connectivity index (χ1) is 5.95. The van der Waals surface area contributed by atoms with Crippen LogP contribution >= 0.6 is 0 Å². The van der Waals surface area contributed by atoms with E-state index in [0.29, 0.717) is 0 Å². The summed E-state index contributed by atoms with van der Waals surface area (Å²) in [6, 6.07) is 10.1. The van der Waals surface area contributed by atoms with Gasteiger partial charge in [0.1, 0.15) is 0 Å². The van der Waals surface area contributed by atoms with Gasteiger partial charge in [0.05, 0.1) is 11.8 Å². The molecule has 0 amide bonds. The highest BCUT2D eigenvalue weighted by molar-refractivity contribution is 6.03. The molecule has 2 heteroatoms. The summed E-state index contributed by atoms with van der Waals surface area (Å²) in [6.07, 6.45) is 1.70. The molecule has 0 saturated carbocycles. The lowest BCUT2D eigenvalue weighted by Gasteiger charge is -1.85. The van der Waals surface area contributed by atoms with Gasteiger partial charge in [-0.25, -0.2) is 0 Å². The van der Waals surface area contributed by atoms with Crippen LogP contribution in [0.25, 0.3) is 22.0 Å². The molecule has 3 rings (SSSR count). The highest BCUT2D eigenvalue weighted by atomic mass is 16.3. The normalized spacial score (nSPS) is 11.3. The van der Waals surface area contributed by atoms with Gasteiger partial charge in [-0.1, -0.05) is 12.1 Å². The van der Waals surface area contributed by atoms with Crippen molar-refractivity contribution in [3.05, 3.63) is 36.6 Å². The van der Waals surface area contributed by atoms with Crippen LogP contribution in [-0.2, 0) is 0 Å². The van der Waals surface area contributed by atoms with E-state index >= 15 is 0 Å². The number of furan rings is 1. The van der Waals surface area contributed by atoms with Crippen LogP contribution in [0.3, 0.4) is 0 Å². The van der Waals surface area contributed by atoms with Crippen molar-refractivity contribution in [1.82, 2.24) is 4.98 Å². The first-order valence-electron chi connectivity index (χ1n) is 3.89. The Hall–Kier alpha value is -1.70. The van der Waals surface area contributed by atoms with Gasteiger partial charge in [0, 0.05) is 17.0 Å². The molecule has 2 nitrogen and oxygen atoms in total. The first kappa shape index (κ1) is 5.89. The monoisotopic (exact) mass is 157 g/mol. The zero-order chi connectivity index (χ0) is 7.97. The number of nitrogens with one attached hydrogen (secondary N) is 1. The summed E-state index contributed by atoms with van der Waals surface area (Å²) in [6.45, 7) is 0.